The van der Waals surface area contributed by atoms with Crippen LogP contribution in [0.5, 0.6) is 0 Å². The van der Waals surface area contributed by atoms with Gasteiger partial charge in [0.05, 0.1) is 24.1 Å². The maximum atomic E-state index is 12.9. The quantitative estimate of drug-likeness (QED) is 0.718. The first-order valence-electron chi connectivity index (χ1n) is 9.62. The average Bonchev–Trinajstić information content (AvgIpc) is 3.25. The molecule has 2 aromatic rings. The lowest BCUT2D eigenvalue weighted by atomic mass is 10.0. The van der Waals surface area contributed by atoms with Crippen molar-refractivity contribution in [2.75, 3.05) is 12.3 Å². The van der Waals surface area contributed by atoms with E-state index < -0.39 is 0 Å². The number of carbonyl (C=O) groups excluding carboxylic acids is 1. The van der Waals surface area contributed by atoms with Gasteiger partial charge in [0.2, 0.25) is 11.8 Å². The highest BCUT2D eigenvalue weighted by Crippen LogP contribution is 2.40. The lowest BCUT2D eigenvalue weighted by Gasteiger charge is -2.36. The Labute approximate surface area is 163 Å². The van der Waals surface area contributed by atoms with Gasteiger partial charge in [0.25, 0.3) is 0 Å². The highest BCUT2D eigenvalue weighted by atomic mass is 32.2. The number of aromatic nitrogens is 5. The Morgan fingerprint density at radius 1 is 1.30 bits per heavy atom. The maximum Gasteiger partial charge on any atom is 0.236 e. The van der Waals surface area contributed by atoms with Crippen LogP contribution in [0.15, 0.2) is 4.52 Å². The van der Waals surface area contributed by atoms with Crippen LogP contribution in [0.4, 0.5) is 0 Å². The van der Waals surface area contributed by atoms with Gasteiger partial charge in [-0.15, -0.1) is 11.8 Å². The van der Waals surface area contributed by atoms with Crippen LogP contribution < -0.4 is 0 Å². The number of aryl methyl sites for hydroxylation is 1. The van der Waals surface area contributed by atoms with Gasteiger partial charge < -0.3 is 9.42 Å². The van der Waals surface area contributed by atoms with Gasteiger partial charge in [0, 0.05) is 12.5 Å². The SMILES string of the molecule is Cc1noc(CSCC(=O)N2CCn3nc(C4CC4)nc3[C@@H]2CC(C)C)n1. The second-order valence-corrected chi connectivity index (χ2v) is 8.77. The molecule has 27 heavy (non-hydrogen) atoms. The monoisotopic (exact) mass is 390 g/mol. The minimum atomic E-state index is 0.0116. The molecular formula is C18H26N6O2S. The Morgan fingerprint density at radius 2 is 2.11 bits per heavy atom. The van der Waals surface area contributed by atoms with E-state index in [0.29, 0.717) is 41.6 Å². The molecule has 0 unspecified atom stereocenters. The van der Waals surface area contributed by atoms with E-state index in [1.807, 2.05) is 9.58 Å². The summed E-state index contributed by atoms with van der Waals surface area (Å²) in [5.74, 6) is 5.22. The molecule has 3 heterocycles. The molecule has 9 heteroatoms. The number of hydrogen-bond acceptors (Lipinski definition) is 7. The molecule has 1 saturated carbocycles. The molecule has 0 bridgehead atoms. The maximum absolute atomic E-state index is 12.9. The second kappa shape index (κ2) is 7.61. The van der Waals surface area contributed by atoms with Gasteiger partial charge in [-0.2, -0.15) is 10.1 Å². The highest BCUT2D eigenvalue weighted by molar-refractivity contribution is 7.99. The Bertz CT molecular complexity index is 813. The third kappa shape index (κ3) is 4.17. The lowest BCUT2D eigenvalue weighted by molar-refractivity contribution is -0.132. The van der Waals surface area contributed by atoms with Gasteiger partial charge in [-0.3, -0.25) is 4.79 Å². The van der Waals surface area contributed by atoms with E-state index in [0.717, 1.165) is 24.6 Å². The van der Waals surface area contributed by atoms with E-state index in [9.17, 15) is 4.79 Å². The summed E-state index contributed by atoms with van der Waals surface area (Å²) in [6, 6.07) is 0.0116. The molecule has 0 spiro atoms. The Balaban J connectivity index is 1.44. The summed E-state index contributed by atoms with van der Waals surface area (Å²) in [7, 11) is 0. The largest absolute Gasteiger partial charge is 0.338 e. The van der Waals surface area contributed by atoms with Crippen molar-refractivity contribution in [3.8, 4) is 0 Å². The summed E-state index contributed by atoms with van der Waals surface area (Å²) in [6.07, 6.45) is 3.28. The molecule has 1 fully saturated rings. The first kappa shape index (κ1) is 18.5. The average molecular weight is 391 g/mol. The Kier molecular flexibility index (Phi) is 5.21. The zero-order valence-electron chi connectivity index (χ0n) is 16.1. The number of thioether (sulfide) groups is 1. The second-order valence-electron chi connectivity index (χ2n) is 7.79. The minimum absolute atomic E-state index is 0.0116. The Hall–Kier alpha value is -1.90. The molecule has 8 nitrogen and oxygen atoms in total. The summed E-state index contributed by atoms with van der Waals surface area (Å²) >= 11 is 1.51. The van der Waals surface area contributed by atoms with Gasteiger partial charge in [-0.25, -0.2) is 9.67 Å². The fourth-order valence-electron chi connectivity index (χ4n) is 3.48. The lowest BCUT2D eigenvalue weighted by Crippen LogP contribution is -2.44. The molecule has 0 aromatic carbocycles. The molecule has 4 rings (SSSR count). The number of carbonyl (C=O) groups is 1. The fourth-order valence-corrected chi connectivity index (χ4v) is 4.21. The van der Waals surface area contributed by atoms with Crippen LogP contribution in [-0.4, -0.2) is 48.0 Å². The van der Waals surface area contributed by atoms with E-state index in [1.165, 1.54) is 24.6 Å². The first-order valence-corrected chi connectivity index (χ1v) is 10.8. The topological polar surface area (TPSA) is 89.9 Å². The third-order valence-electron chi connectivity index (χ3n) is 4.92. The predicted molar refractivity (Wildman–Crippen MR) is 101 cm³/mol. The molecular weight excluding hydrogens is 364 g/mol. The number of nitrogens with zero attached hydrogens (tertiary/aromatic N) is 6. The molecule has 0 radical (unpaired) electrons. The van der Waals surface area contributed by atoms with Crippen LogP contribution in [-0.2, 0) is 17.1 Å². The molecule has 0 N–H and O–H groups in total. The molecule has 1 aliphatic carbocycles. The van der Waals surface area contributed by atoms with Crippen molar-refractivity contribution in [2.45, 2.75) is 64.3 Å². The van der Waals surface area contributed by atoms with E-state index in [-0.39, 0.29) is 11.9 Å². The molecule has 1 atom stereocenters. The van der Waals surface area contributed by atoms with Gasteiger partial charge >= 0.3 is 0 Å². The predicted octanol–water partition coefficient (Wildman–Crippen LogP) is 2.71. The summed E-state index contributed by atoms with van der Waals surface area (Å²) in [4.78, 5) is 23.9. The zero-order valence-corrected chi connectivity index (χ0v) is 16.9. The summed E-state index contributed by atoms with van der Waals surface area (Å²) < 4.78 is 7.14. The van der Waals surface area contributed by atoms with Crippen molar-refractivity contribution < 1.29 is 9.32 Å². The van der Waals surface area contributed by atoms with Crippen LogP contribution in [0, 0.1) is 12.8 Å². The molecule has 1 amide bonds. The molecule has 1 aliphatic heterocycles. The standard InChI is InChI=1S/C18H26N6O2S/c1-11(2)8-14-18-20-17(13-4-5-13)21-24(18)7-6-23(14)16(25)10-27-9-15-19-12(3)22-26-15/h11,13-14H,4-10H2,1-3H3/t14-/m0/s1. The van der Waals surface area contributed by atoms with Crippen molar-refractivity contribution in [2.24, 2.45) is 5.92 Å². The van der Waals surface area contributed by atoms with Crippen molar-refractivity contribution >= 4 is 17.7 Å². The van der Waals surface area contributed by atoms with Crippen molar-refractivity contribution in [3.05, 3.63) is 23.4 Å². The molecule has 0 saturated heterocycles. The summed E-state index contributed by atoms with van der Waals surface area (Å²) in [5.41, 5.74) is 0. The van der Waals surface area contributed by atoms with E-state index >= 15 is 0 Å². The third-order valence-corrected chi connectivity index (χ3v) is 5.82. The van der Waals surface area contributed by atoms with Crippen LogP contribution in [0.1, 0.15) is 68.4 Å². The van der Waals surface area contributed by atoms with Crippen LogP contribution >= 0.6 is 11.8 Å². The fraction of sp³-hybridized carbons (Fsp3) is 0.722. The number of amides is 1. The molecule has 2 aliphatic rings. The first-order chi connectivity index (χ1) is 13.0. The minimum Gasteiger partial charge on any atom is -0.338 e. The van der Waals surface area contributed by atoms with Crippen LogP contribution in [0.25, 0.3) is 0 Å². The van der Waals surface area contributed by atoms with Gasteiger partial charge in [0.15, 0.2) is 11.6 Å². The number of rotatable bonds is 7. The normalized spacial score (nSPS) is 19.6. The van der Waals surface area contributed by atoms with Crippen molar-refractivity contribution in [1.82, 2.24) is 29.8 Å². The van der Waals surface area contributed by atoms with Gasteiger partial charge in [0.1, 0.15) is 5.82 Å². The van der Waals surface area contributed by atoms with Gasteiger partial charge in [-0.05, 0) is 32.1 Å². The van der Waals surface area contributed by atoms with Crippen LogP contribution in [0.3, 0.4) is 0 Å². The smallest absolute Gasteiger partial charge is 0.236 e. The summed E-state index contributed by atoms with van der Waals surface area (Å²) in [5, 5.41) is 8.49. The number of hydrogen-bond donors (Lipinski definition) is 0. The highest BCUT2D eigenvalue weighted by Gasteiger charge is 2.36. The molecule has 146 valence electrons. The van der Waals surface area contributed by atoms with E-state index in [4.69, 9.17) is 14.6 Å². The summed E-state index contributed by atoms with van der Waals surface area (Å²) in [6.45, 7) is 7.58. The van der Waals surface area contributed by atoms with E-state index in [2.05, 4.69) is 24.0 Å². The van der Waals surface area contributed by atoms with Crippen molar-refractivity contribution in [3.63, 3.8) is 0 Å². The zero-order chi connectivity index (χ0) is 19.0. The van der Waals surface area contributed by atoms with Gasteiger partial charge in [-0.1, -0.05) is 19.0 Å². The molecule has 2 aromatic heterocycles. The number of fused-ring (bicyclic) bond motifs is 1. The van der Waals surface area contributed by atoms with E-state index in [1.54, 1.807) is 6.92 Å². The van der Waals surface area contributed by atoms with Crippen LogP contribution in [0.2, 0.25) is 0 Å². The Morgan fingerprint density at radius 3 is 2.78 bits per heavy atom. The van der Waals surface area contributed by atoms with Crippen molar-refractivity contribution in [1.29, 1.82) is 0 Å².